The van der Waals surface area contributed by atoms with Crippen molar-refractivity contribution in [1.29, 1.82) is 0 Å². The maximum atomic E-state index is 12.2. The third kappa shape index (κ3) is 3.64. The average Bonchev–Trinajstić information content (AvgIpc) is 2.44. The zero-order valence-electron chi connectivity index (χ0n) is 11.2. The summed E-state index contributed by atoms with van der Waals surface area (Å²) >= 11 is 3.35. The highest BCUT2D eigenvalue weighted by molar-refractivity contribution is 9.10. The lowest BCUT2D eigenvalue weighted by molar-refractivity contribution is 0.104. The van der Waals surface area contributed by atoms with Gasteiger partial charge in [-0.3, -0.25) is 4.79 Å². The molecule has 2 aromatic rings. The molecule has 21 heavy (non-hydrogen) atoms. The molecule has 2 rings (SSSR count). The third-order valence-electron chi connectivity index (χ3n) is 2.81. The van der Waals surface area contributed by atoms with Crippen LogP contribution in [0.1, 0.15) is 15.9 Å². The first-order valence-corrected chi connectivity index (χ1v) is 6.88. The van der Waals surface area contributed by atoms with Crippen molar-refractivity contribution < 1.29 is 19.7 Å². The fraction of sp³-hybridized carbons (Fsp3) is 0.0625. The number of methoxy groups -OCH3 is 1. The van der Waals surface area contributed by atoms with Gasteiger partial charge in [0.2, 0.25) is 0 Å². The van der Waals surface area contributed by atoms with Crippen molar-refractivity contribution >= 4 is 27.8 Å². The molecule has 0 aromatic heterocycles. The van der Waals surface area contributed by atoms with Gasteiger partial charge in [0.05, 0.1) is 7.11 Å². The zero-order chi connectivity index (χ0) is 15.4. The minimum absolute atomic E-state index is 0.0153. The van der Waals surface area contributed by atoms with Crippen molar-refractivity contribution in [2.45, 2.75) is 0 Å². The number of aromatic hydroxyl groups is 2. The maximum Gasteiger partial charge on any atom is 0.193 e. The van der Waals surface area contributed by atoms with E-state index in [0.29, 0.717) is 0 Å². The summed E-state index contributed by atoms with van der Waals surface area (Å²) in [6.07, 6.45) is 2.98. The molecule has 0 bridgehead atoms. The smallest absolute Gasteiger partial charge is 0.193 e. The second kappa shape index (κ2) is 6.45. The van der Waals surface area contributed by atoms with Crippen LogP contribution < -0.4 is 4.74 Å². The number of ketones is 1. The van der Waals surface area contributed by atoms with E-state index in [4.69, 9.17) is 4.74 Å². The van der Waals surface area contributed by atoms with Gasteiger partial charge in [0.25, 0.3) is 0 Å². The van der Waals surface area contributed by atoms with Crippen LogP contribution in [0.2, 0.25) is 0 Å². The molecule has 0 heterocycles. The van der Waals surface area contributed by atoms with Gasteiger partial charge < -0.3 is 14.9 Å². The van der Waals surface area contributed by atoms with Gasteiger partial charge in [0, 0.05) is 16.6 Å². The summed E-state index contributed by atoms with van der Waals surface area (Å²) in [6, 6.07) is 9.82. The lowest BCUT2D eigenvalue weighted by Gasteiger charge is -2.08. The highest BCUT2D eigenvalue weighted by Crippen LogP contribution is 2.33. The maximum absolute atomic E-state index is 12.2. The first-order valence-electron chi connectivity index (χ1n) is 6.09. The molecule has 5 heteroatoms. The fourth-order valence-corrected chi connectivity index (χ4v) is 2.28. The first kappa shape index (κ1) is 15.1. The number of hydrogen-bond donors (Lipinski definition) is 2. The Kier molecular flexibility index (Phi) is 4.65. The van der Waals surface area contributed by atoms with Crippen molar-refractivity contribution in [3.05, 3.63) is 58.1 Å². The van der Waals surface area contributed by atoms with Crippen LogP contribution >= 0.6 is 15.9 Å². The largest absolute Gasteiger partial charge is 0.508 e. The molecule has 0 amide bonds. The molecule has 0 unspecified atom stereocenters. The van der Waals surface area contributed by atoms with Crippen LogP contribution in [0.4, 0.5) is 0 Å². The molecule has 2 aromatic carbocycles. The normalized spacial score (nSPS) is 10.8. The van der Waals surface area contributed by atoms with Gasteiger partial charge in [-0.15, -0.1) is 0 Å². The predicted molar refractivity (Wildman–Crippen MR) is 83.8 cm³/mol. The summed E-state index contributed by atoms with van der Waals surface area (Å²) < 4.78 is 5.92. The predicted octanol–water partition coefficient (Wildman–Crippen LogP) is 3.77. The molecule has 0 spiro atoms. The molecule has 0 saturated heterocycles. The Labute approximate surface area is 130 Å². The van der Waals surface area contributed by atoms with Gasteiger partial charge in [0.1, 0.15) is 22.8 Å². The molecule has 0 atom stereocenters. The highest BCUT2D eigenvalue weighted by atomic mass is 79.9. The van der Waals surface area contributed by atoms with E-state index in [9.17, 15) is 15.0 Å². The Balaban J connectivity index is 2.33. The van der Waals surface area contributed by atoms with Gasteiger partial charge in [-0.05, 0) is 23.8 Å². The van der Waals surface area contributed by atoms with E-state index >= 15 is 0 Å². The van der Waals surface area contributed by atoms with E-state index in [2.05, 4.69) is 15.9 Å². The Bertz CT molecular complexity index is 707. The molecule has 0 aliphatic rings. The second-order valence-electron chi connectivity index (χ2n) is 4.29. The van der Waals surface area contributed by atoms with Crippen LogP contribution in [0.25, 0.3) is 6.08 Å². The summed E-state index contributed by atoms with van der Waals surface area (Å²) in [5.41, 5.74) is 0.858. The van der Waals surface area contributed by atoms with E-state index in [0.717, 1.165) is 16.1 Å². The number of allylic oxidation sites excluding steroid dienone is 1. The zero-order valence-corrected chi connectivity index (χ0v) is 12.8. The van der Waals surface area contributed by atoms with Crippen LogP contribution in [-0.4, -0.2) is 23.1 Å². The minimum atomic E-state index is -0.413. The van der Waals surface area contributed by atoms with Gasteiger partial charge in [-0.25, -0.2) is 0 Å². The number of ether oxygens (including phenoxy) is 1. The first-order chi connectivity index (χ1) is 10.0. The van der Waals surface area contributed by atoms with Crippen LogP contribution in [0.3, 0.4) is 0 Å². The van der Waals surface area contributed by atoms with Gasteiger partial charge in [-0.1, -0.05) is 34.1 Å². The molecule has 0 radical (unpaired) electrons. The molecule has 0 aliphatic heterocycles. The number of benzene rings is 2. The van der Waals surface area contributed by atoms with Gasteiger partial charge >= 0.3 is 0 Å². The van der Waals surface area contributed by atoms with E-state index in [-0.39, 0.29) is 22.8 Å². The summed E-state index contributed by atoms with van der Waals surface area (Å²) in [5, 5.41) is 19.2. The molecule has 0 aliphatic carbocycles. The number of phenolic OH excluding ortho intramolecular Hbond substituents is 2. The molecule has 0 fully saturated rings. The highest BCUT2D eigenvalue weighted by Gasteiger charge is 2.16. The monoisotopic (exact) mass is 348 g/mol. The SMILES string of the molecule is COc1cc(O)cc(O)c1C(=O)C=Cc1cccc(Br)c1. The molecular formula is C16H13BrO4. The molecule has 108 valence electrons. The van der Waals surface area contributed by atoms with Crippen molar-refractivity contribution in [3.63, 3.8) is 0 Å². The van der Waals surface area contributed by atoms with Crippen molar-refractivity contribution in [3.8, 4) is 17.2 Å². The van der Waals surface area contributed by atoms with Crippen molar-refractivity contribution in [2.24, 2.45) is 0 Å². The topological polar surface area (TPSA) is 66.8 Å². The summed E-state index contributed by atoms with van der Waals surface area (Å²) in [4.78, 5) is 12.2. The number of phenols is 2. The third-order valence-corrected chi connectivity index (χ3v) is 3.30. The van der Waals surface area contributed by atoms with Gasteiger partial charge in [0.15, 0.2) is 5.78 Å². The molecule has 4 nitrogen and oxygen atoms in total. The Morgan fingerprint density at radius 3 is 2.67 bits per heavy atom. The van der Waals surface area contributed by atoms with Crippen LogP contribution in [-0.2, 0) is 0 Å². The van der Waals surface area contributed by atoms with Crippen molar-refractivity contribution in [1.82, 2.24) is 0 Å². The number of carbonyl (C=O) groups excluding carboxylic acids is 1. The average molecular weight is 349 g/mol. The van der Waals surface area contributed by atoms with Crippen LogP contribution in [0, 0.1) is 0 Å². The van der Waals surface area contributed by atoms with Gasteiger partial charge in [-0.2, -0.15) is 0 Å². The van der Waals surface area contributed by atoms with Crippen LogP contribution in [0.5, 0.6) is 17.2 Å². The van der Waals surface area contributed by atoms with E-state index in [1.807, 2.05) is 24.3 Å². The summed E-state index contributed by atoms with van der Waals surface area (Å²) in [7, 11) is 1.36. The summed E-state index contributed by atoms with van der Waals surface area (Å²) in [5.74, 6) is -0.784. The summed E-state index contributed by atoms with van der Waals surface area (Å²) in [6.45, 7) is 0. The Morgan fingerprint density at radius 2 is 2.00 bits per heavy atom. The van der Waals surface area contributed by atoms with E-state index < -0.39 is 5.78 Å². The standard InChI is InChI=1S/C16H13BrO4/c1-21-15-9-12(18)8-14(20)16(15)13(19)6-5-10-3-2-4-11(17)7-10/h2-9,18,20H,1H3. The van der Waals surface area contributed by atoms with E-state index in [1.165, 1.54) is 19.3 Å². The fourth-order valence-electron chi connectivity index (χ4n) is 1.86. The number of rotatable bonds is 4. The minimum Gasteiger partial charge on any atom is -0.508 e. The Hall–Kier alpha value is -2.27. The van der Waals surface area contributed by atoms with Crippen LogP contribution in [0.15, 0.2) is 46.9 Å². The number of halogens is 1. The second-order valence-corrected chi connectivity index (χ2v) is 5.21. The lowest BCUT2D eigenvalue weighted by atomic mass is 10.1. The molecular weight excluding hydrogens is 336 g/mol. The number of hydrogen-bond acceptors (Lipinski definition) is 4. The molecule has 2 N–H and O–H groups in total. The Morgan fingerprint density at radius 1 is 1.24 bits per heavy atom. The van der Waals surface area contributed by atoms with E-state index in [1.54, 1.807) is 6.08 Å². The lowest BCUT2D eigenvalue weighted by Crippen LogP contribution is -1.99. The van der Waals surface area contributed by atoms with Crippen molar-refractivity contribution in [2.75, 3.05) is 7.11 Å². The quantitative estimate of drug-likeness (QED) is 0.652. The molecule has 0 saturated carbocycles. The number of carbonyl (C=O) groups is 1.